The minimum absolute atomic E-state index is 0.0416. The Balaban J connectivity index is 2.33. The van der Waals surface area contributed by atoms with Crippen molar-refractivity contribution in [2.45, 2.75) is 6.92 Å². The van der Waals surface area contributed by atoms with E-state index in [1.54, 1.807) is 5.38 Å². The molecule has 0 fully saturated rings. The average molecular weight is 273 g/mol. The Hall–Kier alpha value is -1.51. The van der Waals surface area contributed by atoms with Gasteiger partial charge in [0.2, 0.25) is 5.91 Å². The van der Waals surface area contributed by atoms with E-state index in [2.05, 4.69) is 15.6 Å². The highest BCUT2D eigenvalue weighted by molar-refractivity contribution is 7.14. The number of nitrogens with one attached hydrogen (secondary N) is 2. The molecule has 0 aromatic carbocycles. The van der Waals surface area contributed by atoms with Crippen LogP contribution >= 0.6 is 11.3 Å². The number of hydrogen-bond acceptors (Lipinski definition) is 6. The zero-order chi connectivity index (χ0) is 13.4. The maximum atomic E-state index is 11.6. The molecule has 3 N–H and O–H groups in total. The number of carbonyl (C=O) groups excluding carboxylic acids is 2. The van der Waals surface area contributed by atoms with Gasteiger partial charge < -0.3 is 20.5 Å². The number of aromatic nitrogens is 1. The number of nitrogens with zero attached hydrogens (tertiary/aromatic N) is 1. The lowest BCUT2D eigenvalue weighted by Gasteiger charge is -2.03. The molecule has 0 atom stereocenters. The van der Waals surface area contributed by atoms with Gasteiger partial charge in [0, 0.05) is 18.8 Å². The largest absolute Gasteiger partial charge is 0.394 e. The van der Waals surface area contributed by atoms with Crippen LogP contribution in [0.25, 0.3) is 0 Å². The molecule has 2 amide bonds. The van der Waals surface area contributed by atoms with Crippen molar-refractivity contribution in [2.75, 3.05) is 31.7 Å². The van der Waals surface area contributed by atoms with Crippen molar-refractivity contribution in [2.24, 2.45) is 0 Å². The Kier molecular flexibility index (Phi) is 6.26. The highest BCUT2D eigenvalue weighted by atomic mass is 32.1. The van der Waals surface area contributed by atoms with Crippen molar-refractivity contribution < 1.29 is 19.4 Å². The maximum Gasteiger partial charge on any atom is 0.270 e. The second-order valence-electron chi connectivity index (χ2n) is 3.31. The van der Waals surface area contributed by atoms with Crippen molar-refractivity contribution in [1.29, 1.82) is 0 Å². The summed E-state index contributed by atoms with van der Waals surface area (Å²) in [7, 11) is 0. The van der Waals surface area contributed by atoms with E-state index in [9.17, 15) is 9.59 Å². The normalized spacial score (nSPS) is 10.1. The monoisotopic (exact) mass is 273 g/mol. The number of ether oxygens (including phenoxy) is 1. The predicted octanol–water partition coefficient (Wildman–Crippen LogP) is -0.160. The van der Waals surface area contributed by atoms with Crippen LogP contribution in [0.4, 0.5) is 5.13 Å². The topological polar surface area (TPSA) is 101 Å². The summed E-state index contributed by atoms with van der Waals surface area (Å²) in [5.41, 5.74) is 0.255. The molecule has 0 saturated heterocycles. The first kappa shape index (κ1) is 14.6. The van der Waals surface area contributed by atoms with Crippen molar-refractivity contribution in [3.63, 3.8) is 0 Å². The molecule has 100 valence electrons. The van der Waals surface area contributed by atoms with Crippen molar-refractivity contribution >= 4 is 28.3 Å². The Morgan fingerprint density at radius 2 is 2.28 bits per heavy atom. The molecule has 1 aromatic heterocycles. The molecule has 7 nitrogen and oxygen atoms in total. The maximum absolute atomic E-state index is 11.6. The second-order valence-corrected chi connectivity index (χ2v) is 4.17. The van der Waals surface area contributed by atoms with Gasteiger partial charge in [0.1, 0.15) is 5.69 Å². The third-order valence-corrected chi connectivity index (χ3v) is 2.55. The van der Waals surface area contributed by atoms with E-state index in [-0.39, 0.29) is 30.7 Å². The third kappa shape index (κ3) is 5.21. The zero-order valence-corrected chi connectivity index (χ0v) is 10.7. The van der Waals surface area contributed by atoms with Crippen LogP contribution in [0.15, 0.2) is 5.38 Å². The van der Waals surface area contributed by atoms with E-state index in [4.69, 9.17) is 9.84 Å². The smallest absolute Gasteiger partial charge is 0.270 e. The summed E-state index contributed by atoms with van der Waals surface area (Å²) in [4.78, 5) is 26.3. The highest BCUT2D eigenvalue weighted by Gasteiger charge is 2.10. The summed E-state index contributed by atoms with van der Waals surface area (Å²) < 4.78 is 4.99. The number of anilines is 1. The second kappa shape index (κ2) is 7.75. The molecule has 0 bridgehead atoms. The number of rotatable bonds is 7. The zero-order valence-electron chi connectivity index (χ0n) is 9.93. The quantitative estimate of drug-likeness (QED) is 0.599. The van der Waals surface area contributed by atoms with Crippen molar-refractivity contribution in [1.82, 2.24) is 10.3 Å². The van der Waals surface area contributed by atoms with Gasteiger partial charge in [0.05, 0.1) is 19.8 Å². The van der Waals surface area contributed by atoms with Gasteiger partial charge in [-0.3, -0.25) is 9.59 Å². The summed E-state index contributed by atoms with van der Waals surface area (Å²) >= 11 is 1.19. The lowest BCUT2D eigenvalue weighted by molar-refractivity contribution is -0.114. The molecule has 18 heavy (non-hydrogen) atoms. The highest BCUT2D eigenvalue weighted by Crippen LogP contribution is 2.14. The van der Waals surface area contributed by atoms with E-state index in [0.717, 1.165) is 0 Å². The average Bonchev–Trinajstić information content (AvgIpc) is 2.76. The molecule has 0 aliphatic heterocycles. The minimum atomic E-state index is -0.324. The van der Waals surface area contributed by atoms with Crippen LogP contribution in [0, 0.1) is 0 Å². The Bertz CT molecular complexity index is 408. The van der Waals surface area contributed by atoms with E-state index in [1.807, 2.05) is 0 Å². The number of thiazole rings is 1. The van der Waals surface area contributed by atoms with Crippen LogP contribution in [-0.2, 0) is 9.53 Å². The Labute approximate surface area is 108 Å². The SMILES string of the molecule is CC(=O)Nc1nc(C(=O)NCCOCCO)cs1. The lowest BCUT2D eigenvalue weighted by atomic mass is 10.4. The molecule has 0 aliphatic carbocycles. The van der Waals surface area contributed by atoms with Crippen LogP contribution in [0.3, 0.4) is 0 Å². The predicted molar refractivity (Wildman–Crippen MR) is 66.7 cm³/mol. The first-order valence-corrected chi connectivity index (χ1v) is 6.21. The molecular formula is C10H15N3O4S. The van der Waals surface area contributed by atoms with Gasteiger partial charge in [-0.25, -0.2) is 4.98 Å². The molecule has 0 radical (unpaired) electrons. The number of aliphatic hydroxyl groups is 1. The van der Waals surface area contributed by atoms with Gasteiger partial charge in [-0.05, 0) is 0 Å². The molecule has 1 heterocycles. The summed E-state index contributed by atoms with van der Waals surface area (Å²) in [5.74, 6) is -0.552. The standard InChI is InChI=1S/C10H15N3O4S/c1-7(15)12-10-13-8(6-18-10)9(16)11-2-4-17-5-3-14/h6,14H,2-5H2,1H3,(H,11,16)(H,12,13,15). The molecule has 1 aromatic rings. The van der Waals surface area contributed by atoms with Crippen LogP contribution < -0.4 is 10.6 Å². The van der Waals surface area contributed by atoms with Gasteiger partial charge in [-0.2, -0.15) is 0 Å². The van der Waals surface area contributed by atoms with Gasteiger partial charge >= 0.3 is 0 Å². The molecule has 0 unspecified atom stereocenters. The van der Waals surface area contributed by atoms with Crippen LogP contribution in [-0.4, -0.2) is 48.3 Å². The number of aliphatic hydroxyl groups excluding tert-OH is 1. The summed E-state index contributed by atoms with van der Waals surface area (Å²) in [6.45, 7) is 2.25. The lowest BCUT2D eigenvalue weighted by Crippen LogP contribution is -2.27. The Morgan fingerprint density at radius 1 is 1.50 bits per heavy atom. The molecule has 0 aliphatic rings. The van der Waals surface area contributed by atoms with Gasteiger partial charge in [-0.15, -0.1) is 11.3 Å². The number of amides is 2. The van der Waals surface area contributed by atoms with Gasteiger partial charge in [0.15, 0.2) is 5.13 Å². The fourth-order valence-electron chi connectivity index (χ4n) is 1.08. The summed E-state index contributed by atoms with van der Waals surface area (Å²) in [5, 5.41) is 15.5. The number of hydrogen-bond donors (Lipinski definition) is 3. The molecule has 0 spiro atoms. The van der Waals surface area contributed by atoms with E-state index in [1.165, 1.54) is 18.3 Å². The van der Waals surface area contributed by atoms with Gasteiger partial charge in [-0.1, -0.05) is 0 Å². The van der Waals surface area contributed by atoms with Crippen LogP contribution in [0.2, 0.25) is 0 Å². The van der Waals surface area contributed by atoms with E-state index in [0.29, 0.717) is 18.3 Å². The van der Waals surface area contributed by atoms with Crippen LogP contribution in [0.1, 0.15) is 17.4 Å². The fraction of sp³-hybridized carbons (Fsp3) is 0.500. The van der Waals surface area contributed by atoms with E-state index < -0.39 is 0 Å². The Morgan fingerprint density at radius 3 is 2.94 bits per heavy atom. The fourth-order valence-corrected chi connectivity index (χ4v) is 1.82. The summed E-state index contributed by atoms with van der Waals surface area (Å²) in [6.07, 6.45) is 0. The van der Waals surface area contributed by atoms with Crippen LogP contribution in [0.5, 0.6) is 0 Å². The van der Waals surface area contributed by atoms with E-state index >= 15 is 0 Å². The molecule has 1 rings (SSSR count). The first-order valence-electron chi connectivity index (χ1n) is 5.33. The van der Waals surface area contributed by atoms with Gasteiger partial charge in [0.25, 0.3) is 5.91 Å². The minimum Gasteiger partial charge on any atom is -0.394 e. The molecule has 8 heteroatoms. The summed E-state index contributed by atoms with van der Waals surface area (Å²) in [6, 6.07) is 0. The van der Waals surface area contributed by atoms with Crippen molar-refractivity contribution in [3.05, 3.63) is 11.1 Å². The van der Waals surface area contributed by atoms with Crippen molar-refractivity contribution in [3.8, 4) is 0 Å². The number of carbonyl (C=O) groups is 2. The first-order chi connectivity index (χ1) is 8.63. The molecular weight excluding hydrogens is 258 g/mol. The third-order valence-electron chi connectivity index (χ3n) is 1.79. The molecule has 0 saturated carbocycles.